The first-order valence-corrected chi connectivity index (χ1v) is 7.05. The number of aromatic nitrogens is 2. The Morgan fingerprint density at radius 2 is 1.81 bits per heavy atom. The zero-order chi connectivity index (χ0) is 15.7. The summed E-state index contributed by atoms with van der Waals surface area (Å²) >= 11 is 0. The molecule has 0 fully saturated rings. The van der Waals surface area contributed by atoms with E-state index < -0.39 is 0 Å². The Bertz CT molecular complexity index is 544. The molecule has 114 valence electrons. The third kappa shape index (κ3) is 5.77. The van der Waals surface area contributed by atoms with Crippen LogP contribution < -0.4 is 10.1 Å². The van der Waals surface area contributed by atoms with E-state index in [0.717, 1.165) is 23.5 Å². The van der Waals surface area contributed by atoms with Crippen LogP contribution in [0.1, 0.15) is 25.1 Å². The number of rotatable bonds is 5. The number of halogens is 1. The van der Waals surface area contributed by atoms with E-state index in [1.165, 1.54) is 19.2 Å². The number of nitrogens with one attached hydrogen (secondary N) is 1. The summed E-state index contributed by atoms with van der Waals surface area (Å²) in [6, 6.07) is 8.70. The fourth-order valence-electron chi connectivity index (χ4n) is 1.71. The fraction of sp³-hybridized carbons (Fsp3) is 0.375. The smallest absolute Gasteiger partial charge is 0.318 e. The molecule has 1 aromatic heterocycles. The lowest BCUT2D eigenvalue weighted by Crippen LogP contribution is -2.08. The largest absolute Gasteiger partial charge is 0.467 e. The van der Waals surface area contributed by atoms with Crippen molar-refractivity contribution in [3.63, 3.8) is 0 Å². The lowest BCUT2D eigenvalue weighted by Gasteiger charge is -2.07. The van der Waals surface area contributed by atoms with Crippen LogP contribution in [0, 0.1) is 12.7 Å². The minimum atomic E-state index is -0.215. The van der Waals surface area contributed by atoms with Crippen LogP contribution in [0.15, 0.2) is 30.3 Å². The molecule has 0 atom stereocenters. The summed E-state index contributed by atoms with van der Waals surface area (Å²) in [5.74, 6) is 0.513. The molecule has 1 N–H and O–H groups in total. The molecular weight excluding hydrogens is 269 g/mol. The average molecular weight is 291 g/mol. The molecule has 0 amide bonds. The first-order chi connectivity index (χ1) is 10.2. The SMILES string of the molecule is CC.COc1nc(C)cc(NCCc2ccc(F)cc2)n1. The summed E-state index contributed by atoms with van der Waals surface area (Å²) in [5, 5.41) is 3.20. The van der Waals surface area contributed by atoms with Crippen molar-refractivity contribution < 1.29 is 9.13 Å². The van der Waals surface area contributed by atoms with Gasteiger partial charge in [-0.25, -0.2) is 9.37 Å². The van der Waals surface area contributed by atoms with Gasteiger partial charge in [-0.2, -0.15) is 4.98 Å². The van der Waals surface area contributed by atoms with Gasteiger partial charge in [0.05, 0.1) is 7.11 Å². The fourth-order valence-corrected chi connectivity index (χ4v) is 1.71. The van der Waals surface area contributed by atoms with Crippen LogP contribution in [0.5, 0.6) is 6.01 Å². The standard InChI is InChI=1S/C14H16FN3O.C2H6/c1-10-9-13(18-14(17-10)19-2)16-8-7-11-3-5-12(15)6-4-11;1-2/h3-6,9H,7-8H2,1-2H3,(H,16,17,18);1-2H3. The molecule has 0 aliphatic heterocycles. The number of nitrogens with zero attached hydrogens (tertiary/aromatic N) is 2. The van der Waals surface area contributed by atoms with E-state index >= 15 is 0 Å². The number of aryl methyl sites for hydroxylation is 1. The number of anilines is 1. The Hall–Kier alpha value is -2.17. The van der Waals surface area contributed by atoms with Crippen LogP contribution >= 0.6 is 0 Å². The molecule has 0 bridgehead atoms. The Balaban J connectivity index is 0.00000106. The average Bonchev–Trinajstić information content (AvgIpc) is 2.51. The van der Waals surface area contributed by atoms with Gasteiger partial charge in [0, 0.05) is 18.3 Å². The van der Waals surface area contributed by atoms with Crippen molar-refractivity contribution in [1.29, 1.82) is 0 Å². The predicted molar refractivity (Wildman–Crippen MR) is 83.3 cm³/mol. The number of hydrogen-bond donors (Lipinski definition) is 1. The molecule has 0 aliphatic carbocycles. The molecule has 4 nitrogen and oxygen atoms in total. The second-order valence-electron chi connectivity index (χ2n) is 4.18. The maximum absolute atomic E-state index is 12.8. The van der Waals surface area contributed by atoms with Gasteiger partial charge in [-0.1, -0.05) is 26.0 Å². The summed E-state index contributed by atoms with van der Waals surface area (Å²) in [6.07, 6.45) is 0.797. The van der Waals surface area contributed by atoms with Crippen LogP contribution in [0.3, 0.4) is 0 Å². The van der Waals surface area contributed by atoms with E-state index in [2.05, 4.69) is 15.3 Å². The highest BCUT2D eigenvalue weighted by Crippen LogP contribution is 2.11. The van der Waals surface area contributed by atoms with Gasteiger partial charge in [-0.05, 0) is 31.0 Å². The third-order valence-corrected chi connectivity index (χ3v) is 2.65. The molecule has 0 spiro atoms. The van der Waals surface area contributed by atoms with Crippen molar-refractivity contribution in [3.05, 3.63) is 47.4 Å². The molecule has 0 unspecified atom stereocenters. The van der Waals surface area contributed by atoms with Crippen LogP contribution in [0.25, 0.3) is 0 Å². The lowest BCUT2D eigenvalue weighted by molar-refractivity contribution is 0.379. The van der Waals surface area contributed by atoms with Crippen LogP contribution in [0.4, 0.5) is 10.2 Å². The molecule has 0 aliphatic rings. The quantitative estimate of drug-likeness (QED) is 0.914. The van der Waals surface area contributed by atoms with Gasteiger partial charge < -0.3 is 10.1 Å². The van der Waals surface area contributed by atoms with Crippen molar-refractivity contribution in [1.82, 2.24) is 9.97 Å². The molecule has 2 rings (SSSR count). The van der Waals surface area contributed by atoms with Gasteiger partial charge in [0.25, 0.3) is 0 Å². The summed E-state index contributed by atoms with van der Waals surface area (Å²) in [4.78, 5) is 8.31. The normalized spacial score (nSPS) is 9.57. The van der Waals surface area contributed by atoms with Gasteiger partial charge in [-0.3, -0.25) is 0 Å². The number of ether oxygens (including phenoxy) is 1. The van der Waals surface area contributed by atoms with Crippen molar-refractivity contribution >= 4 is 5.82 Å². The first kappa shape index (κ1) is 16.9. The minimum Gasteiger partial charge on any atom is -0.467 e. The van der Waals surface area contributed by atoms with Crippen LogP contribution in [-0.4, -0.2) is 23.6 Å². The molecule has 1 aromatic carbocycles. The van der Waals surface area contributed by atoms with Crippen LogP contribution in [-0.2, 0) is 6.42 Å². The molecule has 0 saturated heterocycles. The van der Waals surface area contributed by atoms with Crippen LogP contribution in [0.2, 0.25) is 0 Å². The topological polar surface area (TPSA) is 47.0 Å². The molecule has 0 saturated carbocycles. The number of hydrogen-bond acceptors (Lipinski definition) is 4. The Morgan fingerprint density at radius 3 is 2.43 bits per heavy atom. The zero-order valence-corrected chi connectivity index (χ0v) is 13.0. The van der Waals surface area contributed by atoms with Crippen molar-refractivity contribution in [2.75, 3.05) is 19.0 Å². The van der Waals surface area contributed by atoms with E-state index in [4.69, 9.17) is 4.74 Å². The third-order valence-electron chi connectivity index (χ3n) is 2.65. The Labute approximate surface area is 125 Å². The highest BCUT2D eigenvalue weighted by atomic mass is 19.1. The second-order valence-corrected chi connectivity index (χ2v) is 4.18. The summed E-state index contributed by atoms with van der Waals surface area (Å²) in [7, 11) is 1.54. The Morgan fingerprint density at radius 1 is 1.14 bits per heavy atom. The predicted octanol–water partition coefficient (Wildman–Crippen LogP) is 3.61. The van der Waals surface area contributed by atoms with E-state index in [1.807, 2.05) is 26.8 Å². The summed E-state index contributed by atoms with van der Waals surface area (Å²) in [6.45, 7) is 6.60. The monoisotopic (exact) mass is 291 g/mol. The van der Waals surface area contributed by atoms with Crippen molar-refractivity contribution in [3.8, 4) is 6.01 Å². The highest BCUT2D eigenvalue weighted by molar-refractivity contribution is 5.37. The van der Waals surface area contributed by atoms with E-state index in [-0.39, 0.29) is 5.82 Å². The van der Waals surface area contributed by atoms with E-state index in [9.17, 15) is 4.39 Å². The van der Waals surface area contributed by atoms with Gasteiger partial charge in [0.1, 0.15) is 11.6 Å². The molecule has 2 aromatic rings. The van der Waals surface area contributed by atoms with Crippen molar-refractivity contribution in [2.45, 2.75) is 27.2 Å². The number of methoxy groups -OCH3 is 1. The first-order valence-electron chi connectivity index (χ1n) is 7.05. The van der Waals surface area contributed by atoms with Gasteiger partial charge >= 0.3 is 6.01 Å². The molecule has 21 heavy (non-hydrogen) atoms. The zero-order valence-electron chi connectivity index (χ0n) is 13.0. The van der Waals surface area contributed by atoms with E-state index in [1.54, 1.807) is 12.1 Å². The second kappa shape index (κ2) is 8.89. The summed E-state index contributed by atoms with van der Waals surface area (Å²) < 4.78 is 17.8. The van der Waals surface area contributed by atoms with Crippen molar-refractivity contribution in [2.24, 2.45) is 0 Å². The molecule has 1 heterocycles. The molecule has 0 radical (unpaired) electrons. The maximum atomic E-state index is 12.8. The van der Waals surface area contributed by atoms with E-state index in [0.29, 0.717) is 12.6 Å². The molecular formula is C16H22FN3O. The van der Waals surface area contributed by atoms with Gasteiger partial charge in [0.15, 0.2) is 0 Å². The number of benzene rings is 1. The molecule has 5 heteroatoms. The van der Waals surface area contributed by atoms with Gasteiger partial charge in [-0.15, -0.1) is 0 Å². The Kier molecular flexibility index (Phi) is 7.15. The minimum absolute atomic E-state index is 0.215. The lowest BCUT2D eigenvalue weighted by atomic mass is 10.1. The maximum Gasteiger partial charge on any atom is 0.318 e. The summed E-state index contributed by atoms with van der Waals surface area (Å²) in [5.41, 5.74) is 1.92. The highest BCUT2D eigenvalue weighted by Gasteiger charge is 2.01. The van der Waals surface area contributed by atoms with Gasteiger partial charge in [0.2, 0.25) is 0 Å².